The number of aliphatic imine (C=N–C) groups is 1. The van der Waals surface area contributed by atoms with E-state index in [1.54, 1.807) is 0 Å². The van der Waals surface area contributed by atoms with Crippen LogP contribution >= 0.6 is 24.0 Å². The van der Waals surface area contributed by atoms with Gasteiger partial charge in [-0.3, -0.25) is 9.89 Å². The standard InChI is InChI=1S/C18H30N4O2.HI/c1-16-4-6-17(7-5-16)24-13-3-9-21-18(19)20-8-2-10-22-11-14-23-15-12-22;/h4-7H,2-3,8-15H2,1H3,(H3,19,20,21);1H. The number of nitrogens with one attached hydrogen (secondary N) is 1. The highest BCUT2D eigenvalue weighted by molar-refractivity contribution is 14.0. The maximum Gasteiger partial charge on any atom is 0.188 e. The average Bonchev–Trinajstić information content (AvgIpc) is 2.61. The van der Waals surface area contributed by atoms with Crippen molar-refractivity contribution in [3.05, 3.63) is 29.8 Å². The van der Waals surface area contributed by atoms with Gasteiger partial charge in [0.1, 0.15) is 5.75 Å². The van der Waals surface area contributed by atoms with E-state index >= 15 is 0 Å². The molecule has 0 aromatic heterocycles. The first-order chi connectivity index (χ1) is 11.7. The van der Waals surface area contributed by atoms with Crippen molar-refractivity contribution in [2.24, 2.45) is 10.7 Å². The highest BCUT2D eigenvalue weighted by Gasteiger charge is 2.08. The first kappa shape index (κ1) is 22.0. The number of guanidine groups is 1. The molecule has 25 heavy (non-hydrogen) atoms. The van der Waals surface area contributed by atoms with E-state index in [9.17, 15) is 0 Å². The molecule has 1 heterocycles. The quantitative estimate of drug-likeness (QED) is 0.254. The van der Waals surface area contributed by atoms with Gasteiger partial charge < -0.3 is 20.5 Å². The third-order valence-corrected chi connectivity index (χ3v) is 3.94. The fourth-order valence-electron chi connectivity index (χ4n) is 2.49. The van der Waals surface area contributed by atoms with Crippen LogP contribution in [0.25, 0.3) is 0 Å². The summed E-state index contributed by atoms with van der Waals surface area (Å²) >= 11 is 0. The van der Waals surface area contributed by atoms with Crippen molar-refractivity contribution >= 4 is 29.9 Å². The Morgan fingerprint density at radius 3 is 2.68 bits per heavy atom. The summed E-state index contributed by atoms with van der Waals surface area (Å²) in [5.41, 5.74) is 7.10. The van der Waals surface area contributed by atoms with Gasteiger partial charge in [0.05, 0.1) is 19.8 Å². The van der Waals surface area contributed by atoms with Gasteiger partial charge in [-0.2, -0.15) is 0 Å². The largest absolute Gasteiger partial charge is 0.494 e. The van der Waals surface area contributed by atoms with Crippen molar-refractivity contribution in [3.8, 4) is 5.75 Å². The number of hydrogen-bond donors (Lipinski definition) is 2. The van der Waals surface area contributed by atoms with Crippen LogP contribution in [0.1, 0.15) is 18.4 Å². The zero-order chi connectivity index (χ0) is 17.0. The first-order valence-corrected chi connectivity index (χ1v) is 8.77. The molecular formula is C18H31IN4O2. The maximum absolute atomic E-state index is 5.87. The van der Waals surface area contributed by atoms with Crippen LogP contribution < -0.4 is 15.8 Å². The molecule has 1 aliphatic rings. The Morgan fingerprint density at radius 2 is 1.96 bits per heavy atom. The monoisotopic (exact) mass is 462 g/mol. The summed E-state index contributed by atoms with van der Waals surface area (Å²) in [5.74, 6) is 1.42. The summed E-state index contributed by atoms with van der Waals surface area (Å²) in [6.45, 7) is 9.08. The fourth-order valence-corrected chi connectivity index (χ4v) is 2.49. The summed E-state index contributed by atoms with van der Waals surface area (Å²) in [7, 11) is 0. The van der Waals surface area contributed by atoms with E-state index in [0.717, 1.165) is 58.0 Å². The van der Waals surface area contributed by atoms with Gasteiger partial charge in [-0.1, -0.05) is 17.7 Å². The van der Waals surface area contributed by atoms with Crippen LogP contribution in [0.4, 0.5) is 0 Å². The average molecular weight is 462 g/mol. The minimum Gasteiger partial charge on any atom is -0.494 e. The molecule has 0 spiro atoms. The minimum absolute atomic E-state index is 0. The van der Waals surface area contributed by atoms with Crippen LogP contribution in [0, 0.1) is 6.92 Å². The molecule has 1 fully saturated rings. The predicted octanol–water partition coefficient (Wildman–Crippen LogP) is 2.01. The van der Waals surface area contributed by atoms with E-state index in [2.05, 4.69) is 22.1 Å². The molecule has 6 nitrogen and oxygen atoms in total. The Balaban J connectivity index is 0.00000312. The molecule has 1 aliphatic heterocycles. The summed E-state index contributed by atoms with van der Waals surface area (Å²) in [6, 6.07) is 8.07. The fraction of sp³-hybridized carbons (Fsp3) is 0.611. The Bertz CT molecular complexity index is 490. The Labute approximate surface area is 168 Å². The molecule has 0 aliphatic carbocycles. The normalized spacial score (nSPS) is 15.5. The summed E-state index contributed by atoms with van der Waals surface area (Å²) in [4.78, 5) is 6.74. The second-order valence-electron chi connectivity index (χ2n) is 6.02. The van der Waals surface area contributed by atoms with Crippen LogP contribution in [-0.2, 0) is 4.74 Å². The van der Waals surface area contributed by atoms with Gasteiger partial charge in [-0.25, -0.2) is 0 Å². The van der Waals surface area contributed by atoms with Gasteiger partial charge in [0.25, 0.3) is 0 Å². The van der Waals surface area contributed by atoms with Gasteiger partial charge in [0, 0.05) is 32.6 Å². The lowest BCUT2D eigenvalue weighted by atomic mass is 10.2. The molecule has 0 bridgehead atoms. The number of nitrogens with zero attached hydrogens (tertiary/aromatic N) is 2. The number of benzene rings is 1. The number of nitrogens with two attached hydrogens (primary N) is 1. The number of aryl methyl sites for hydroxylation is 1. The molecule has 1 saturated heterocycles. The number of hydrogen-bond acceptors (Lipinski definition) is 4. The van der Waals surface area contributed by atoms with Crippen molar-refractivity contribution in [1.82, 2.24) is 10.2 Å². The topological polar surface area (TPSA) is 72.1 Å². The third kappa shape index (κ3) is 9.86. The maximum atomic E-state index is 5.87. The van der Waals surface area contributed by atoms with E-state index in [-0.39, 0.29) is 24.0 Å². The van der Waals surface area contributed by atoms with E-state index in [1.807, 2.05) is 24.3 Å². The first-order valence-electron chi connectivity index (χ1n) is 8.77. The highest BCUT2D eigenvalue weighted by Crippen LogP contribution is 2.11. The van der Waals surface area contributed by atoms with Crippen LogP contribution in [0.5, 0.6) is 5.75 Å². The minimum atomic E-state index is 0. The molecule has 0 radical (unpaired) electrons. The smallest absolute Gasteiger partial charge is 0.188 e. The molecule has 0 saturated carbocycles. The number of halogens is 1. The summed E-state index contributed by atoms with van der Waals surface area (Å²) < 4.78 is 11.0. The van der Waals surface area contributed by atoms with Crippen LogP contribution in [0.15, 0.2) is 29.3 Å². The Morgan fingerprint density at radius 1 is 1.24 bits per heavy atom. The highest BCUT2D eigenvalue weighted by atomic mass is 127. The molecule has 1 aromatic rings. The van der Waals surface area contributed by atoms with E-state index in [1.165, 1.54) is 5.56 Å². The number of ether oxygens (including phenoxy) is 2. The Hall–Kier alpha value is -1.06. The van der Waals surface area contributed by atoms with E-state index in [0.29, 0.717) is 19.1 Å². The lowest BCUT2D eigenvalue weighted by Crippen LogP contribution is -2.39. The molecule has 7 heteroatoms. The lowest BCUT2D eigenvalue weighted by Gasteiger charge is -2.26. The van der Waals surface area contributed by atoms with E-state index < -0.39 is 0 Å². The van der Waals surface area contributed by atoms with Crippen LogP contribution in [-0.4, -0.2) is 63.4 Å². The van der Waals surface area contributed by atoms with Crippen LogP contribution in [0.3, 0.4) is 0 Å². The number of rotatable bonds is 9. The molecule has 0 atom stereocenters. The van der Waals surface area contributed by atoms with Crippen molar-refractivity contribution in [2.75, 3.05) is 52.5 Å². The molecule has 0 unspecified atom stereocenters. The summed E-state index contributed by atoms with van der Waals surface area (Å²) in [6.07, 6.45) is 1.91. The van der Waals surface area contributed by atoms with Crippen molar-refractivity contribution < 1.29 is 9.47 Å². The SMILES string of the molecule is Cc1ccc(OCCCN=C(N)NCCCN2CCOCC2)cc1.I. The van der Waals surface area contributed by atoms with Crippen molar-refractivity contribution in [3.63, 3.8) is 0 Å². The van der Waals surface area contributed by atoms with Gasteiger partial charge in [0.15, 0.2) is 5.96 Å². The zero-order valence-corrected chi connectivity index (χ0v) is 17.4. The van der Waals surface area contributed by atoms with Gasteiger partial charge in [-0.05, 0) is 32.0 Å². The molecule has 3 N–H and O–H groups in total. The van der Waals surface area contributed by atoms with Gasteiger partial charge >= 0.3 is 0 Å². The molecule has 1 aromatic carbocycles. The van der Waals surface area contributed by atoms with Crippen molar-refractivity contribution in [1.29, 1.82) is 0 Å². The predicted molar refractivity (Wildman–Crippen MR) is 113 cm³/mol. The van der Waals surface area contributed by atoms with Gasteiger partial charge in [0.2, 0.25) is 0 Å². The molecule has 142 valence electrons. The third-order valence-electron chi connectivity index (χ3n) is 3.94. The summed E-state index contributed by atoms with van der Waals surface area (Å²) in [5, 5.41) is 3.17. The second-order valence-corrected chi connectivity index (χ2v) is 6.02. The number of morpholine rings is 1. The molecular weight excluding hydrogens is 431 g/mol. The van der Waals surface area contributed by atoms with Crippen molar-refractivity contribution in [2.45, 2.75) is 19.8 Å². The second kappa shape index (κ2) is 13.2. The molecule has 2 rings (SSSR count). The van der Waals surface area contributed by atoms with Crippen LogP contribution in [0.2, 0.25) is 0 Å². The van der Waals surface area contributed by atoms with E-state index in [4.69, 9.17) is 15.2 Å². The van der Waals surface area contributed by atoms with Gasteiger partial charge in [-0.15, -0.1) is 24.0 Å². The zero-order valence-electron chi connectivity index (χ0n) is 15.1. The molecule has 0 amide bonds. The Kier molecular flexibility index (Phi) is 11.6. The lowest BCUT2D eigenvalue weighted by molar-refractivity contribution is 0.0376.